The van der Waals surface area contributed by atoms with Gasteiger partial charge in [0.05, 0.1) is 33.4 Å². The Bertz CT molecular complexity index is 899. The minimum absolute atomic E-state index is 0.0435. The number of likely N-dealkylation sites (N-methyl/N-ethyl adjacent to an activating group) is 1. The lowest BCUT2D eigenvalue weighted by atomic mass is 9.47. The number of alkyl carbamates (subject to hydrolysis) is 1. The molecule has 41 heavy (non-hydrogen) atoms. The molecule has 0 bridgehead atoms. The second-order valence-electron chi connectivity index (χ2n) is 15.7. The average Bonchev–Trinajstić information content (AvgIpc) is 3.26. The van der Waals surface area contributed by atoms with E-state index in [1.54, 1.807) is 5.57 Å². The summed E-state index contributed by atoms with van der Waals surface area (Å²) in [7, 11) is 2.00. The van der Waals surface area contributed by atoms with Crippen LogP contribution < -0.4 is 5.32 Å². The van der Waals surface area contributed by atoms with Crippen LogP contribution in [0.5, 0.6) is 0 Å². The first-order valence-electron chi connectivity index (χ1n) is 17.1. The van der Waals surface area contributed by atoms with Gasteiger partial charge in [-0.15, -0.1) is 0 Å². The van der Waals surface area contributed by atoms with Crippen LogP contribution in [0, 0.1) is 46.3 Å². The summed E-state index contributed by atoms with van der Waals surface area (Å²) in [5, 5.41) is 21.7. The quantitative estimate of drug-likeness (QED) is 0.172. The van der Waals surface area contributed by atoms with Crippen LogP contribution in [0.2, 0.25) is 0 Å². The van der Waals surface area contributed by atoms with E-state index in [-0.39, 0.29) is 30.8 Å². The molecule has 0 aromatic rings. The number of aliphatic hydroxyl groups is 2. The number of ether oxygens (including phenoxy) is 1. The molecule has 4 aliphatic rings. The lowest BCUT2D eigenvalue weighted by molar-refractivity contribution is -0.908. The van der Waals surface area contributed by atoms with Gasteiger partial charge >= 0.3 is 6.09 Å². The van der Waals surface area contributed by atoms with Crippen molar-refractivity contribution in [2.24, 2.45) is 46.3 Å². The van der Waals surface area contributed by atoms with Crippen LogP contribution in [0.15, 0.2) is 11.6 Å². The number of fused-ring (bicyclic) bond motifs is 5. The molecule has 8 atom stereocenters. The molecule has 4 aliphatic carbocycles. The van der Waals surface area contributed by atoms with E-state index in [0.29, 0.717) is 36.1 Å². The van der Waals surface area contributed by atoms with Gasteiger partial charge in [0.2, 0.25) is 0 Å². The zero-order valence-corrected chi connectivity index (χ0v) is 27.3. The van der Waals surface area contributed by atoms with E-state index in [1.165, 1.54) is 51.4 Å². The third-order valence-electron chi connectivity index (χ3n) is 12.7. The van der Waals surface area contributed by atoms with Gasteiger partial charge in [0, 0.05) is 6.42 Å². The van der Waals surface area contributed by atoms with Gasteiger partial charge in [-0.05, 0) is 91.3 Å². The number of nitrogens with one attached hydrogen (secondary N) is 1. The molecule has 0 spiro atoms. The number of hydrogen-bond donors (Lipinski definition) is 3. The van der Waals surface area contributed by atoms with Crippen LogP contribution in [0.25, 0.3) is 0 Å². The molecule has 0 radical (unpaired) electrons. The summed E-state index contributed by atoms with van der Waals surface area (Å²) in [4.78, 5) is 12.7. The molecule has 6 nitrogen and oxygen atoms in total. The summed E-state index contributed by atoms with van der Waals surface area (Å²) in [6.07, 6.45) is 16.2. The van der Waals surface area contributed by atoms with E-state index < -0.39 is 0 Å². The maximum absolute atomic E-state index is 12.7. The molecule has 4 unspecified atom stereocenters. The average molecular weight is 576 g/mol. The molecule has 4 rings (SSSR count). The van der Waals surface area contributed by atoms with Crippen LogP contribution in [0.1, 0.15) is 105 Å². The Hall–Kier alpha value is -1.11. The standard InChI is InChI=1S/C35H62N2O4/c1-25(2)8-7-9-26(3)30-12-13-31-29-11-10-27-24-28(14-16-34(27,4)32(29)15-17-35(30,31)5)41-33(40)36-18-19-37(6,20-22-38)21-23-39/h10,25-26,28-32,38-39H,7-9,11-24H2,1-6H3/p+1/t26-,28?,29?,30-,31?,32?,34+,35-/m1/s1. The molecule has 0 aromatic heterocycles. The van der Waals surface area contributed by atoms with Crippen LogP contribution in [0.3, 0.4) is 0 Å². The summed E-state index contributed by atoms with van der Waals surface area (Å²) in [5.74, 6) is 5.03. The SMILES string of the molecule is CC(C)CCC[C@@H](C)[C@H]1CCC2C3CC=C4CC(OC(=O)NCC[N+](C)(CCO)CCO)CC[C@]4(C)C3CC[C@@]21C. The van der Waals surface area contributed by atoms with E-state index in [4.69, 9.17) is 4.74 Å². The smallest absolute Gasteiger partial charge is 0.407 e. The molecule has 0 aliphatic heterocycles. The second-order valence-corrected chi connectivity index (χ2v) is 15.7. The van der Waals surface area contributed by atoms with Crippen molar-refractivity contribution in [2.45, 2.75) is 111 Å². The number of quaternary nitrogens is 1. The summed E-state index contributed by atoms with van der Waals surface area (Å²) >= 11 is 0. The van der Waals surface area contributed by atoms with Crippen molar-refractivity contribution in [3.63, 3.8) is 0 Å². The predicted molar refractivity (Wildman–Crippen MR) is 166 cm³/mol. The largest absolute Gasteiger partial charge is 0.446 e. The van der Waals surface area contributed by atoms with E-state index in [2.05, 4.69) is 46.0 Å². The number of allylic oxidation sites excluding steroid dienone is 1. The highest BCUT2D eigenvalue weighted by Crippen LogP contribution is 2.67. The van der Waals surface area contributed by atoms with Gasteiger partial charge in [-0.1, -0.05) is 65.5 Å². The Morgan fingerprint density at radius 2 is 1.76 bits per heavy atom. The van der Waals surface area contributed by atoms with Gasteiger partial charge in [-0.3, -0.25) is 0 Å². The molecule has 6 heteroatoms. The highest BCUT2D eigenvalue weighted by atomic mass is 16.6. The summed E-state index contributed by atoms with van der Waals surface area (Å²) in [6.45, 7) is 14.9. The Morgan fingerprint density at radius 1 is 1.02 bits per heavy atom. The van der Waals surface area contributed by atoms with Gasteiger partial charge in [-0.25, -0.2) is 4.79 Å². The van der Waals surface area contributed by atoms with Gasteiger partial charge in [0.15, 0.2) is 0 Å². The molecule has 236 valence electrons. The molecular formula is C35H63N2O4+. The van der Waals surface area contributed by atoms with Gasteiger partial charge in [-0.2, -0.15) is 0 Å². The van der Waals surface area contributed by atoms with Crippen molar-refractivity contribution in [1.29, 1.82) is 0 Å². The van der Waals surface area contributed by atoms with E-state index >= 15 is 0 Å². The fourth-order valence-corrected chi connectivity index (χ4v) is 10.2. The molecule has 3 fully saturated rings. The topological polar surface area (TPSA) is 78.8 Å². The molecule has 0 heterocycles. The van der Waals surface area contributed by atoms with Crippen LogP contribution >= 0.6 is 0 Å². The third kappa shape index (κ3) is 7.17. The van der Waals surface area contributed by atoms with Gasteiger partial charge in [0.25, 0.3) is 0 Å². The number of nitrogens with zero attached hydrogens (tertiary/aromatic N) is 1. The molecule has 3 saturated carbocycles. The van der Waals surface area contributed by atoms with Gasteiger partial charge < -0.3 is 24.7 Å². The fraction of sp³-hybridized carbons (Fsp3) is 0.914. The Labute approximate surface area is 251 Å². The fourth-order valence-electron chi connectivity index (χ4n) is 10.2. The number of rotatable bonds is 13. The van der Waals surface area contributed by atoms with Crippen LogP contribution in [-0.4, -0.2) is 73.3 Å². The number of carbonyl (C=O) groups excluding carboxylic acids is 1. The molecule has 1 amide bonds. The third-order valence-corrected chi connectivity index (χ3v) is 12.7. The van der Waals surface area contributed by atoms with Crippen molar-refractivity contribution in [1.82, 2.24) is 5.32 Å². The zero-order chi connectivity index (χ0) is 29.8. The number of carbonyl (C=O) groups is 1. The molecule has 0 saturated heterocycles. The van der Waals surface area contributed by atoms with E-state index in [0.717, 1.165) is 54.8 Å². The summed E-state index contributed by atoms with van der Waals surface area (Å²) in [5.41, 5.74) is 2.33. The van der Waals surface area contributed by atoms with Crippen LogP contribution in [-0.2, 0) is 4.74 Å². The monoisotopic (exact) mass is 575 g/mol. The number of hydrogen-bond acceptors (Lipinski definition) is 4. The van der Waals surface area contributed by atoms with Crippen LogP contribution in [0.4, 0.5) is 4.79 Å². The summed E-state index contributed by atoms with van der Waals surface area (Å²) < 4.78 is 6.46. The highest BCUT2D eigenvalue weighted by Gasteiger charge is 2.59. The first kappa shape index (κ1) is 32.8. The number of amides is 1. The maximum Gasteiger partial charge on any atom is 0.407 e. The molecule has 3 N–H and O–H groups in total. The maximum atomic E-state index is 12.7. The van der Waals surface area contributed by atoms with E-state index in [9.17, 15) is 15.0 Å². The first-order valence-corrected chi connectivity index (χ1v) is 17.1. The lowest BCUT2D eigenvalue weighted by Crippen LogP contribution is -2.52. The molecule has 0 aromatic carbocycles. The van der Waals surface area contributed by atoms with E-state index in [1.807, 2.05) is 7.05 Å². The predicted octanol–water partition coefficient (Wildman–Crippen LogP) is 6.55. The van der Waals surface area contributed by atoms with Gasteiger partial charge in [0.1, 0.15) is 19.2 Å². The van der Waals surface area contributed by atoms with Crippen molar-refractivity contribution in [3.05, 3.63) is 11.6 Å². The highest BCUT2D eigenvalue weighted by molar-refractivity contribution is 5.67. The molecular weight excluding hydrogens is 512 g/mol. The van der Waals surface area contributed by atoms with Crippen molar-refractivity contribution >= 4 is 6.09 Å². The second kappa shape index (κ2) is 13.7. The minimum Gasteiger partial charge on any atom is -0.446 e. The Morgan fingerprint density at radius 3 is 2.44 bits per heavy atom. The summed E-state index contributed by atoms with van der Waals surface area (Å²) in [6, 6.07) is 0. The van der Waals surface area contributed by atoms with Crippen molar-refractivity contribution < 1.29 is 24.2 Å². The number of aliphatic hydroxyl groups excluding tert-OH is 2. The minimum atomic E-state index is -0.333. The van der Waals surface area contributed by atoms with Crippen molar-refractivity contribution in [3.8, 4) is 0 Å². The Kier molecular flexibility index (Phi) is 10.9. The van der Waals surface area contributed by atoms with Crippen molar-refractivity contribution in [2.75, 3.05) is 46.4 Å². The lowest BCUT2D eigenvalue weighted by Gasteiger charge is -2.58. The zero-order valence-electron chi connectivity index (χ0n) is 27.3. The first-order chi connectivity index (χ1) is 19.5. The normalized spacial score (nSPS) is 35.7. The Balaban J connectivity index is 1.32.